The molecule has 0 aromatic heterocycles. The number of carbonyl (C=O) groups excluding carboxylic acids is 1. The molecule has 4 nitrogen and oxygen atoms in total. The maximum absolute atomic E-state index is 12.8. The van der Waals surface area contributed by atoms with Gasteiger partial charge < -0.3 is 15.2 Å². The Morgan fingerprint density at radius 2 is 1.91 bits per heavy atom. The highest BCUT2D eigenvalue weighted by Gasteiger charge is 2.05. The average molecular weight is 335 g/mol. The summed E-state index contributed by atoms with van der Waals surface area (Å²) in [6.07, 6.45) is 0.796. The molecule has 0 saturated carbocycles. The Hall–Kier alpha value is -2.21. The van der Waals surface area contributed by atoms with E-state index in [1.165, 1.54) is 18.2 Å². The van der Waals surface area contributed by atoms with Crippen LogP contribution in [0.5, 0.6) is 11.5 Å². The third-order valence-electron chi connectivity index (χ3n) is 2.95. The number of hydrogen-bond donors (Lipinski definition) is 2. The van der Waals surface area contributed by atoms with E-state index < -0.39 is 0 Å². The predicted molar refractivity (Wildman–Crippen MR) is 88.4 cm³/mol. The van der Waals surface area contributed by atoms with E-state index in [2.05, 4.69) is 5.32 Å². The van der Waals surface area contributed by atoms with E-state index in [1.807, 2.05) is 0 Å². The first-order valence-electron chi connectivity index (χ1n) is 7.21. The van der Waals surface area contributed by atoms with Crippen LogP contribution in [0.15, 0.2) is 53.4 Å². The van der Waals surface area contributed by atoms with Crippen LogP contribution in [0.4, 0.5) is 4.39 Å². The molecule has 0 saturated heterocycles. The Balaban J connectivity index is 1.58. The number of phenols is 1. The largest absolute Gasteiger partial charge is 0.504 e. The molecule has 0 aliphatic heterocycles. The van der Waals surface area contributed by atoms with Crippen LogP contribution in [0.2, 0.25) is 0 Å². The summed E-state index contributed by atoms with van der Waals surface area (Å²) in [6, 6.07) is 12.8. The molecule has 23 heavy (non-hydrogen) atoms. The standard InChI is InChI=1S/C17H18FNO3S/c18-13-6-8-14(9-7-13)23-11-3-10-19-17(21)12-22-16-5-2-1-4-15(16)20/h1-2,4-9,20H,3,10-12H2,(H,19,21). The van der Waals surface area contributed by atoms with Gasteiger partial charge in [0.25, 0.3) is 5.91 Å². The second kappa shape index (κ2) is 9.05. The molecule has 0 fully saturated rings. The first-order valence-corrected chi connectivity index (χ1v) is 8.19. The highest BCUT2D eigenvalue weighted by molar-refractivity contribution is 7.99. The van der Waals surface area contributed by atoms with Gasteiger partial charge in [0.05, 0.1) is 0 Å². The Labute approximate surface area is 138 Å². The number of benzene rings is 2. The zero-order valence-corrected chi connectivity index (χ0v) is 13.3. The average Bonchev–Trinajstić information content (AvgIpc) is 2.55. The quantitative estimate of drug-likeness (QED) is 0.574. The summed E-state index contributed by atoms with van der Waals surface area (Å²) in [5.41, 5.74) is 0. The summed E-state index contributed by atoms with van der Waals surface area (Å²) in [5.74, 6) is 0.642. The first-order chi connectivity index (χ1) is 11.1. The lowest BCUT2D eigenvalue weighted by atomic mass is 10.3. The van der Waals surface area contributed by atoms with Gasteiger partial charge in [-0.1, -0.05) is 12.1 Å². The van der Waals surface area contributed by atoms with E-state index >= 15 is 0 Å². The zero-order valence-electron chi connectivity index (χ0n) is 12.5. The lowest BCUT2D eigenvalue weighted by Crippen LogP contribution is -2.29. The minimum absolute atomic E-state index is 0.0102. The lowest BCUT2D eigenvalue weighted by molar-refractivity contribution is -0.123. The number of ether oxygens (including phenoxy) is 1. The van der Waals surface area contributed by atoms with Crippen molar-refractivity contribution >= 4 is 17.7 Å². The van der Waals surface area contributed by atoms with Crippen molar-refractivity contribution in [2.45, 2.75) is 11.3 Å². The summed E-state index contributed by atoms with van der Waals surface area (Å²) in [6.45, 7) is 0.403. The maximum atomic E-state index is 12.8. The Morgan fingerprint density at radius 3 is 2.65 bits per heavy atom. The van der Waals surface area contributed by atoms with Crippen molar-refractivity contribution in [2.24, 2.45) is 0 Å². The fourth-order valence-electron chi connectivity index (χ4n) is 1.79. The van der Waals surface area contributed by atoms with E-state index in [9.17, 15) is 14.3 Å². The molecule has 0 aliphatic rings. The normalized spacial score (nSPS) is 10.3. The SMILES string of the molecule is O=C(COc1ccccc1O)NCCCSc1ccc(F)cc1. The zero-order chi connectivity index (χ0) is 16.5. The number of hydrogen-bond acceptors (Lipinski definition) is 4. The molecule has 0 unspecified atom stereocenters. The second-order valence-corrected chi connectivity index (χ2v) is 5.93. The summed E-state index contributed by atoms with van der Waals surface area (Å²) >= 11 is 1.61. The van der Waals surface area contributed by atoms with Crippen LogP contribution in [0.25, 0.3) is 0 Å². The van der Waals surface area contributed by atoms with Gasteiger partial charge in [-0.05, 0) is 48.6 Å². The Morgan fingerprint density at radius 1 is 1.17 bits per heavy atom. The molecule has 1 amide bonds. The van der Waals surface area contributed by atoms with Crippen LogP contribution in [-0.2, 0) is 4.79 Å². The summed E-state index contributed by atoms with van der Waals surface area (Å²) in [5, 5.41) is 12.3. The summed E-state index contributed by atoms with van der Waals surface area (Å²) in [7, 11) is 0. The monoisotopic (exact) mass is 335 g/mol. The molecule has 0 aliphatic carbocycles. The van der Waals surface area contributed by atoms with Gasteiger partial charge in [0.1, 0.15) is 5.82 Å². The fourth-order valence-corrected chi connectivity index (χ4v) is 2.65. The molecular weight excluding hydrogens is 317 g/mol. The second-order valence-electron chi connectivity index (χ2n) is 4.76. The lowest BCUT2D eigenvalue weighted by Gasteiger charge is -2.08. The highest BCUT2D eigenvalue weighted by atomic mass is 32.2. The van der Waals surface area contributed by atoms with Gasteiger partial charge in [0, 0.05) is 11.4 Å². The van der Waals surface area contributed by atoms with Gasteiger partial charge in [-0.15, -0.1) is 11.8 Å². The number of nitrogens with one attached hydrogen (secondary N) is 1. The van der Waals surface area contributed by atoms with Crippen molar-refractivity contribution in [3.8, 4) is 11.5 Å². The number of carbonyl (C=O) groups is 1. The van der Waals surface area contributed by atoms with Crippen LogP contribution in [-0.4, -0.2) is 29.9 Å². The molecule has 2 aromatic carbocycles. The van der Waals surface area contributed by atoms with E-state index in [-0.39, 0.29) is 29.8 Å². The molecule has 0 atom stereocenters. The minimum atomic E-state index is -0.244. The van der Waals surface area contributed by atoms with Crippen LogP contribution in [0, 0.1) is 5.82 Å². The van der Waals surface area contributed by atoms with Crippen LogP contribution in [0.1, 0.15) is 6.42 Å². The van der Waals surface area contributed by atoms with E-state index in [0.29, 0.717) is 6.54 Å². The fraction of sp³-hybridized carbons (Fsp3) is 0.235. The Bertz CT molecular complexity index is 634. The van der Waals surface area contributed by atoms with E-state index in [4.69, 9.17) is 4.74 Å². The number of halogens is 1. The maximum Gasteiger partial charge on any atom is 0.257 e. The third-order valence-corrected chi connectivity index (χ3v) is 4.05. The number of para-hydroxylation sites is 2. The van der Waals surface area contributed by atoms with Crippen LogP contribution in [0.3, 0.4) is 0 Å². The predicted octanol–water partition coefficient (Wildman–Crippen LogP) is 3.21. The number of aromatic hydroxyl groups is 1. The molecule has 2 rings (SSSR count). The van der Waals surface area contributed by atoms with Gasteiger partial charge in [-0.2, -0.15) is 0 Å². The molecular formula is C17H18FNO3S. The van der Waals surface area contributed by atoms with Crippen molar-refractivity contribution in [3.05, 3.63) is 54.3 Å². The van der Waals surface area contributed by atoms with Gasteiger partial charge in [0.2, 0.25) is 0 Å². The smallest absolute Gasteiger partial charge is 0.257 e. The van der Waals surface area contributed by atoms with Crippen LogP contribution >= 0.6 is 11.8 Å². The van der Waals surface area contributed by atoms with Crippen molar-refractivity contribution in [1.82, 2.24) is 5.32 Å². The van der Waals surface area contributed by atoms with Crippen molar-refractivity contribution in [3.63, 3.8) is 0 Å². The third kappa shape index (κ3) is 6.20. The summed E-state index contributed by atoms with van der Waals surface area (Å²) in [4.78, 5) is 12.6. The van der Waals surface area contributed by atoms with Gasteiger partial charge >= 0.3 is 0 Å². The topological polar surface area (TPSA) is 58.6 Å². The number of phenolic OH excluding ortho intramolecular Hbond substituents is 1. The summed E-state index contributed by atoms with van der Waals surface area (Å²) < 4.78 is 18.0. The molecule has 0 spiro atoms. The molecule has 2 aromatic rings. The number of amides is 1. The molecule has 0 heterocycles. The highest BCUT2D eigenvalue weighted by Crippen LogP contribution is 2.24. The van der Waals surface area contributed by atoms with Crippen LogP contribution < -0.4 is 10.1 Å². The van der Waals surface area contributed by atoms with Gasteiger partial charge in [0.15, 0.2) is 18.1 Å². The van der Waals surface area contributed by atoms with Crippen molar-refractivity contribution < 1.29 is 19.0 Å². The molecule has 2 N–H and O–H groups in total. The molecule has 122 valence electrons. The van der Waals surface area contributed by atoms with Gasteiger partial charge in [-0.3, -0.25) is 4.79 Å². The molecule has 6 heteroatoms. The first kappa shape index (κ1) is 17.1. The minimum Gasteiger partial charge on any atom is -0.504 e. The van der Waals surface area contributed by atoms with E-state index in [1.54, 1.807) is 42.1 Å². The molecule has 0 radical (unpaired) electrons. The van der Waals surface area contributed by atoms with Gasteiger partial charge in [-0.25, -0.2) is 4.39 Å². The molecule has 0 bridgehead atoms. The Kier molecular flexibility index (Phi) is 6.75. The number of rotatable bonds is 8. The van der Waals surface area contributed by atoms with Crippen molar-refractivity contribution in [1.29, 1.82) is 0 Å². The van der Waals surface area contributed by atoms with E-state index in [0.717, 1.165) is 17.1 Å². The van der Waals surface area contributed by atoms with Crippen molar-refractivity contribution in [2.75, 3.05) is 18.9 Å². The number of thioether (sulfide) groups is 1.